The Bertz CT molecular complexity index is 1370. The molecule has 2 saturated heterocycles. The molecule has 4 aliphatic rings. The number of aliphatic hydroxyl groups is 1. The quantitative estimate of drug-likeness (QED) is 0.328. The van der Waals surface area contributed by atoms with Crippen LogP contribution in [-0.4, -0.2) is 91.2 Å². The Kier molecular flexibility index (Phi) is 6.95. The highest BCUT2D eigenvalue weighted by Gasteiger charge is 2.74. The average Bonchev–Trinajstić information content (AvgIpc) is 3.50. The monoisotopic (exact) mass is 549 g/mol. The molecule has 1 aromatic carbocycles. The molecule has 40 heavy (non-hydrogen) atoms. The number of ether oxygens (including phenoxy) is 2. The van der Waals surface area contributed by atoms with Gasteiger partial charge in [-0.3, -0.25) is 14.4 Å². The molecular formula is C29H35N5O6. The summed E-state index contributed by atoms with van der Waals surface area (Å²) in [5.74, 6) is -2.88. The van der Waals surface area contributed by atoms with Crippen LogP contribution in [0, 0.1) is 11.8 Å². The normalized spacial score (nSPS) is 33.0. The summed E-state index contributed by atoms with van der Waals surface area (Å²) in [5.41, 5.74) is -0.948. The molecule has 1 unspecified atom stereocenters. The van der Waals surface area contributed by atoms with Gasteiger partial charge in [-0.2, -0.15) is 0 Å². The molecule has 2 fully saturated rings. The number of amides is 2. The van der Waals surface area contributed by atoms with Crippen molar-refractivity contribution in [2.45, 2.75) is 62.9 Å². The molecular weight excluding hydrogens is 514 g/mol. The average molecular weight is 550 g/mol. The molecule has 5 atom stereocenters. The topological polar surface area (TPSA) is 127 Å². The molecule has 1 spiro atoms. The van der Waals surface area contributed by atoms with Crippen LogP contribution in [-0.2, 0) is 30.5 Å². The van der Waals surface area contributed by atoms with Crippen molar-refractivity contribution in [3.63, 3.8) is 0 Å². The molecule has 2 aromatic rings. The fourth-order valence-electron chi connectivity index (χ4n) is 6.79. The first-order valence-electron chi connectivity index (χ1n) is 14.1. The minimum atomic E-state index is -1.34. The summed E-state index contributed by atoms with van der Waals surface area (Å²) in [6.07, 6.45) is 11.0. The third-order valence-electron chi connectivity index (χ3n) is 8.62. The summed E-state index contributed by atoms with van der Waals surface area (Å²) in [6.45, 7) is 2.76. The van der Waals surface area contributed by atoms with Crippen LogP contribution in [0.15, 0.2) is 48.6 Å². The van der Waals surface area contributed by atoms with Gasteiger partial charge in [-0.05, 0) is 51.2 Å². The van der Waals surface area contributed by atoms with Gasteiger partial charge < -0.3 is 24.4 Å². The fourth-order valence-corrected chi connectivity index (χ4v) is 6.79. The fraction of sp³-hybridized carbons (Fsp3) is 0.552. The number of nitrogens with zero attached hydrogens (tertiary/aromatic N) is 5. The van der Waals surface area contributed by atoms with E-state index in [1.54, 1.807) is 14.5 Å². The van der Waals surface area contributed by atoms with E-state index in [1.807, 2.05) is 55.5 Å². The minimum Gasteiger partial charge on any atom is -0.465 e. The predicted molar refractivity (Wildman–Crippen MR) is 143 cm³/mol. The molecule has 4 aliphatic heterocycles. The lowest BCUT2D eigenvalue weighted by atomic mass is 9.74. The summed E-state index contributed by atoms with van der Waals surface area (Å²) in [7, 11) is 0. The number of benzene rings is 1. The number of unbranched alkanes of at least 4 members (excludes halogenated alkanes) is 1. The number of carbonyl (C=O) groups is 3. The Balaban J connectivity index is 1.41. The number of aliphatic hydroxyl groups excluding tert-OH is 1. The van der Waals surface area contributed by atoms with Crippen LogP contribution in [0.5, 0.6) is 0 Å². The highest BCUT2D eigenvalue weighted by atomic mass is 16.6. The maximum Gasteiger partial charge on any atom is 0.313 e. The van der Waals surface area contributed by atoms with E-state index >= 15 is 0 Å². The summed E-state index contributed by atoms with van der Waals surface area (Å²) < 4.78 is 14.1. The number of aromatic nitrogens is 3. The molecule has 0 bridgehead atoms. The van der Waals surface area contributed by atoms with Gasteiger partial charge in [0.1, 0.15) is 29.7 Å². The first-order chi connectivity index (χ1) is 19.4. The van der Waals surface area contributed by atoms with Gasteiger partial charge in [-0.15, -0.1) is 5.10 Å². The third kappa shape index (κ3) is 4.23. The van der Waals surface area contributed by atoms with Gasteiger partial charge in [-0.25, -0.2) is 4.68 Å². The van der Waals surface area contributed by atoms with Gasteiger partial charge in [0.2, 0.25) is 5.91 Å². The Labute approximate surface area is 232 Å². The number of likely N-dealkylation sites (tertiary alicyclic amines) is 1. The van der Waals surface area contributed by atoms with Crippen LogP contribution in [0.4, 0.5) is 0 Å². The van der Waals surface area contributed by atoms with Crippen molar-refractivity contribution in [3.8, 4) is 0 Å². The number of carbonyl (C=O) groups excluding carboxylic acids is 3. The second-order valence-corrected chi connectivity index (χ2v) is 11.2. The standard InChI is InChI=1S/C29H35N5O6/c1-28-13-6-2-3-9-18-39-27(38)23(28)22-25(36)33(16-7-8-17-35)24-26(37)32(15-10-14-29(22,24)40-28)19-34-21-12-5-4-11-20(21)30-31-34/h4-6,10-14,22-24,35H,2-3,7-9,15-19H2,1H3/b13-6-/t22-,23+,24?,28-,29-/m0/s1. The van der Waals surface area contributed by atoms with E-state index in [0.29, 0.717) is 12.8 Å². The van der Waals surface area contributed by atoms with Crippen molar-refractivity contribution in [1.82, 2.24) is 24.8 Å². The molecule has 2 amide bonds. The summed E-state index contributed by atoms with van der Waals surface area (Å²) in [5, 5.41) is 17.9. The summed E-state index contributed by atoms with van der Waals surface area (Å²) >= 11 is 0. The van der Waals surface area contributed by atoms with Crippen molar-refractivity contribution in [2.75, 3.05) is 26.3 Å². The lowest BCUT2D eigenvalue weighted by Crippen LogP contribution is -2.56. The van der Waals surface area contributed by atoms with Crippen LogP contribution in [0.3, 0.4) is 0 Å². The molecule has 212 valence electrons. The summed E-state index contributed by atoms with van der Waals surface area (Å²) in [6, 6.07) is 6.55. The second kappa shape index (κ2) is 10.4. The molecule has 5 heterocycles. The van der Waals surface area contributed by atoms with E-state index in [-0.39, 0.29) is 44.8 Å². The van der Waals surface area contributed by atoms with Crippen molar-refractivity contribution in [2.24, 2.45) is 11.8 Å². The highest BCUT2D eigenvalue weighted by molar-refractivity contribution is 5.99. The van der Waals surface area contributed by atoms with E-state index in [1.165, 1.54) is 0 Å². The molecule has 11 heteroatoms. The molecule has 0 aliphatic carbocycles. The second-order valence-electron chi connectivity index (χ2n) is 11.2. The van der Waals surface area contributed by atoms with Crippen molar-refractivity contribution in [3.05, 3.63) is 48.6 Å². The van der Waals surface area contributed by atoms with Gasteiger partial charge >= 0.3 is 5.97 Å². The number of cyclic esters (lactones) is 1. The number of rotatable bonds is 6. The van der Waals surface area contributed by atoms with Gasteiger partial charge in [0, 0.05) is 19.7 Å². The van der Waals surface area contributed by atoms with E-state index in [9.17, 15) is 19.5 Å². The first kappa shape index (κ1) is 26.6. The Morgan fingerprint density at radius 2 is 1.90 bits per heavy atom. The Hall–Kier alpha value is -3.57. The van der Waals surface area contributed by atoms with E-state index in [2.05, 4.69) is 10.3 Å². The maximum absolute atomic E-state index is 14.4. The molecule has 0 saturated carbocycles. The van der Waals surface area contributed by atoms with E-state index in [0.717, 1.165) is 30.3 Å². The zero-order valence-electron chi connectivity index (χ0n) is 22.6. The van der Waals surface area contributed by atoms with Gasteiger partial charge in [-0.1, -0.05) is 41.7 Å². The molecule has 1 aromatic heterocycles. The van der Waals surface area contributed by atoms with E-state index in [4.69, 9.17) is 9.47 Å². The maximum atomic E-state index is 14.4. The van der Waals surface area contributed by atoms with Crippen molar-refractivity contribution < 1.29 is 29.0 Å². The zero-order chi connectivity index (χ0) is 27.9. The molecule has 11 nitrogen and oxygen atoms in total. The van der Waals surface area contributed by atoms with Crippen molar-refractivity contribution >= 4 is 28.8 Å². The number of hydrogen-bond donors (Lipinski definition) is 1. The van der Waals surface area contributed by atoms with Crippen LogP contribution < -0.4 is 0 Å². The lowest BCUT2D eigenvalue weighted by Gasteiger charge is -2.37. The number of hydrogen-bond acceptors (Lipinski definition) is 8. The summed E-state index contributed by atoms with van der Waals surface area (Å²) in [4.78, 5) is 45.4. The lowest BCUT2D eigenvalue weighted by molar-refractivity contribution is -0.160. The SMILES string of the molecule is C[C@]12/C=C\CCCCOC(=O)[C@H]1[C@H]1C(=O)N(CCCCO)C3C(=O)N(Cn4nnc5ccccc54)CC=C[C@@]31O2. The highest BCUT2D eigenvalue weighted by Crippen LogP contribution is 2.57. The molecule has 1 N–H and O–H groups in total. The smallest absolute Gasteiger partial charge is 0.313 e. The third-order valence-corrected chi connectivity index (χ3v) is 8.62. The van der Waals surface area contributed by atoms with Crippen molar-refractivity contribution in [1.29, 1.82) is 0 Å². The van der Waals surface area contributed by atoms with Crippen LogP contribution in [0.2, 0.25) is 0 Å². The van der Waals surface area contributed by atoms with Gasteiger partial charge in [0.25, 0.3) is 5.91 Å². The van der Waals surface area contributed by atoms with Gasteiger partial charge in [0.05, 0.1) is 23.6 Å². The zero-order valence-corrected chi connectivity index (χ0v) is 22.6. The van der Waals surface area contributed by atoms with Gasteiger partial charge in [0.15, 0.2) is 0 Å². The largest absolute Gasteiger partial charge is 0.465 e. The molecule has 0 radical (unpaired) electrons. The first-order valence-corrected chi connectivity index (χ1v) is 14.1. The Morgan fingerprint density at radius 1 is 1.05 bits per heavy atom. The number of esters is 1. The Morgan fingerprint density at radius 3 is 2.75 bits per heavy atom. The van der Waals surface area contributed by atoms with Crippen LogP contribution in [0.25, 0.3) is 11.0 Å². The van der Waals surface area contributed by atoms with Crippen LogP contribution >= 0.6 is 0 Å². The molecule has 6 rings (SSSR count). The number of fused-ring (bicyclic) bond motifs is 3. The minimum absolute atomic E-state index is 0.0189. The van der Waals surface area contributed by atoms with Crippen LogP contribution in [0.1, 0.15) is 39.0 Å². The predicted octanol–water partition coefficient (Wildman–Crippen LogP) is 1.81. The number of para-hydroxylation sites is 1. The van der Waals surface area contributed by atoms with E-state index < -0.39 is 35.0 Å². The number of allylic oxidation sites excluding steroid dienone is 1.